The highest BCUT2D eigenvalue weighted by Crippen LogP contribution is 2.26. The van der Waals surface area contributed by atoms with E-state index in [1.165, 1.54) is 32.4 Å². The van der Waals surface area contributed by atoms with Gasteiger partial charge in [-0.3, -0.25) is 4.90 Å². The Morgan fingerprint density at radius 1 is 1.15 bits per heavy atom. The zero-order valence-corrected chi connectivity index (χ0v) is 12.3. The average molecular weight is 291 g/mol. The zero-order valence-electron chi connectivity index (χ0n) is 11.5. The summed E-state index contributed by atoms with van der Waals surface area (Å²) in [5, 5.41) is 2.81. The molecule has 1 fully saturated rings. The van der Waals surface area contributed by atoms with Crippen molar-refractivity contribution >= 4 is 22.4 Å². The van der Waals surface area contributed by atoms with E-state index in [2.05, 4.69) is 9.88 Å². The molecule has 0 aliphatic carbocycles. The molecule has 0 spiro atoms. The van der Waals surface area contributed by atoms with Crippen LogP contribution in [0.3, 0.4) is 0 Å². The van der Waals surface area contributed by atoms with Crippen LogP contribution in [0.1, 0.15) is 19.3 Å². The Bertz CT molecular complexity index is 582. The Morgan fingerprint density at radius 2 is 2.00 bits per heavy atom. The zero-order chi connectivity index (χ0) is 13.8. The first kappa shape index (κ1) is 13.7. The van der Waals surface area contributed by atoms with E-state index in [0.29, 0.717) is 17.5 Å². The quantitative estimate of drug-likeness (QED) is 0.857. The van der Waals surface area contributed by atoms with Gasteiger partial charge in [-0.2, -0.15) is 0 Å². The number of piperidine rings is 1. The van der Waals surface area contributed by atoms with Crippen molar-refractivity contribution in [3.05, 3.63) is 35.5 Å². The van der Waals surface area contributed by atoms with Crippen LogP contribution in [-0.2, 0) is 0 Å². The van der Waals surface area contributed by atoms with Crippen LogP contribution in [0.15, 0.2) is 30.5 Å². The second-order valence-corrected chi connectivity index (χ2v) is 5.67. The van der Waals surface area contributed by atoms with Crippen molar-refractivity contribution in [1.82, 2.24) is 9.88 Å². The van der Waals surface area contributed by atoms with E-state index in [4.69, 9.17) is 16.3 Å². The molecule has 20 heavy (non-hydrogen) atoms. The van der Waals surface area contributed by atoms with Crippen LogP contribution in [-0.4, -0.2) is 36.1 Å². The molecule has 0 bridgehead atoms. The number of halogens is 1. The third kappa shape index (κ3) is 3.22. The summed E-state index contributed by atoms with van der Waals surface area (Å²) in [4.78, 5) is 6.79. The minimum absolute atomic E-state index is 0.679. The average Bonchev–Trinajstić information content (AvgIpc) is 2.49. The lowest BCUT2D eigenvalue weighted by molar-refractivity contribution is 0.181. The summed E-state index contributed by atoms with van der Waals surface area (Å²) in [5.41, 5.74) is 0. The van der Waals surface area contributed by atoms with Gasteiger partial charge in [-0.05, 0) is 49.5 Å². The highest BCUT2D eigenvalue weighted by atomic mass is 35.5. The van der Waals surface area contributed by atoms with Crippen molar-refractivity contribution < 1.29 is 4.74 Å². The standard InChI is InChI=1S/C16H19ClN2O/c17-14-5-4-13-6-7-18-16(15(13)12-14)20-11-10-19-8-2-1-3-9-19/h4-7,12H,1-3,8-11H2. The molecular weight excluding hydrogens is 272 g/mol. The topological polar surface area (TPSA) is 25.4 Å². The number of rotatable bonds is 4. The SMILES string of the molecule is Clc1ccc2ccnc(OCCN3CCCCC3)c2c1. The molecule has 1 aromatic carbocycles. The minimum Gasteiger partial charge on any atom is -0.476 e. The molecule has 0 amide bonds. The van der Waals surface area contributed by atoms with E-state index in [9.17, 15) is 0 Å². The summed E-state index contributed by atoms with van der Waals surface area (Å²) >= 11 is 6.05. The van der Waals surface area contributed by atoms with Crippen molar-refractivity contribution in [3.63, 3.8) is 0 Å². The molecule has 4 heteroatoms. The predicted molar refractivity (Wildman–Crippen MR) is 82.5 cm³/mol. The summed E-state index contributed by atoms with van der Waals surface area (Å²) in [6, 6.07) is 7.78. The molecule has 2 aromatic rings. The van der Waals surface area contributed by atoms with Gasteiger partial charge in [0.05, 0.1) is 0 Å². The molecule has 1 aromatic heterocycles. The summed E-state index contributed by atoms with van der Waals surface area (Å²) in [6.07, 6.45) is 5.76. The number of ether oxygens (including phenoxy) is 1. The fourth-order valence-electron chi connectivity index (χ4n) is 2.68. The lowest BCUT2D eigenvalue weighted by atomic mass is 10.1. The minimum atomic E-state index is 0.679. The molecule has 0 atom stereocenters. The van der Waals surface area contributed by atoms with Crippen molar-refractivity contribution in [2.24, 2.45) is 0 Å². The highest BCUT2D eigenvalue weighted by molar-refractivity contribution is 6.31. The van der Waals surface area contributed by atoms with Gasteiger partial charge in [0, 0.05) is 23.2 Å². The lowest BCUT2D eigenvalue weighted by Gasteiger charge is -2.26. The van der Waals surface area contributed by atoms with E-state index in [1.54, 1.807) is 6.20 Å². The van der Waals surface area contributed by atoms with Crippen LogP contribution >= 0.6 is 11.6 Å². The Morgan fingerprint density at radius 3 is 2.85 bits per heavy atom. The van der Waals surface area contributed by atoms with E-state index in [-0.39, 0.29) is 0 Å². The Labute approximate surface area is 124 Å². The fourth-order valence-corrected chi connectivity index (χ4v) is 2.86. The van der Waals surface area contributed by atoms with Crippen LogP contribution in [0, 0.1) is 0 Å². The monoisotopic (exact) mass is 290 g/mol. The first-order valence-electron chi connectivity index (χ1n) is 7.22. The number of pyridine rings is 1. The summed E-state index contributed by atoms with van der Waals surface area (Å²) in [7, 11) is 0. The highest BCUT2D eigenvalue weighted by Gasteiger charge is 2.10. The molecule has 1 saturated heterocycles. The molecule has 3 nitrogen and oxygen atoms in total. The Balaban J connectivity index is 1.66. The largest absolute Gasteiger partial charge is 0.476 e. The maximum atomic E-state index is 6.05. The summed E-state index contributed by atoms with van der Waals surface area (Å²) < 4.78 is 5.87. The molecular formula is C16H19ClN2O. The van der Waals surface area contributed by atoms with Crippen LogP contribution in [0.25, 0.3) is 10.8 Å². The molecule has 1 aliphatic heterocycles. The number of fused-ring (bicyclic) bond motifs is 1. The van der Waals surface area contributed by atoms with Crippen molar-refractivity contribution in [3.8, 4) is 5.88 Å². The maximum absolute atomic E-state index is 6.05. The molecule has 0 N–H and O–H groups in total. The smallest absolute Gasteiger partial charge is 0.221 e. The second-order valence-electron chi connectivity index (χ2n) is 5.23. The summed E-state index contributed by atoms with van der Waals surface area (Å²) in [6.45, 7) is 4.04. The molecule has 0 saturated carbocycles. The van der Waals surface area contributed by atoms with Gasteiger partial charge < -0.3 is 4.74 Å². The first-order valence-corrected chi connectivity index (χ1v) is 7.60. The van der Waals surface area contributed by atoms with E-state index in [1.807, 2.05) is 24.3 Å². The Hall–Kier alpha value is -1.32. The first-order chi connectivity index (χ1) is 9.83. The normalized spacial score (nSPS) is 16.4. The molecule has 2 heterocycles. The van der Waals surface area contributed by atoms with Crippen molar-refractivity contribution in [2.45, 2.75) is 19.3 Å². The van der Waals surface area contributed by atoms with Crippen molar-refractivity contribution in [1.29, 1.82) is 0 Å². The van der Waals surface area contributed by atoms with Crippen LogP contribution in [0.2, 0.25) is 5.02 Å². The van der Waals surface area contributed by atoms with E-state index >= 15 is 0 Å². The number of hydrogen-bond acceptors (Lipinski definition) is 3. The van der Waals surface area contributed by atoms with Crippen LogP contribution < -0.4 is 4.74 Å². The number of aromatic nitrogens is 1. The number of hydrogen-bond donors (Lipinski definition) is 0. The molecule has 3 rings (SSSR count). The number of nitrogens with zero attached hydrogens (tertiary/aromatic N) is 2. The van der Waals surface area contributed by atoms with Crippen LogP contribution in [0.4, 0.5) is 0 Å². The predicted octanol–water partition coefficient (Wildman–Crippen LogP) is 3.75. The van der Waals surface area contributed by atoms with Gasteiger partial charge in [0.25, 0.3) is 0 Å². The third-order valence-corrected chi connectivity index (χ3v) is 4.02. The maximum Gasteiger partial charge on any atom is 0.221 e. The van der Waals surface area contributed by atoms with Gasteiger partial charge in [-0.15, -0.1) is 0 Å². The molecule has 106 valence electrons. The van der Waals surface area contributed by atoms with Gasteiger partial charge in [0.2, 0.25) is 5.88 Å². The van der Waals surface area contributed by atoms with Gasteiger partial charge in [0.15, 0.2) is 0 Å². The van der Waals surface area contributed by atoms with E-state index < -0.39 is 0 Å². The molecule has 0 radical (unpaired) electrons. The van der Waals surface area contributed by atoms with Crippen LogP contribution in [0.5, 0.6) is 5.88 Å². The van der Waals surface area contributed by atoms with Crippen molar-refractivity contribution in [2.75, 3.05) is 26.2 Å². The second kappa shape index (κ2) is 6.42. The lowest BCUT2D eigenvalue weighted by Crippen LogP contribution is -2.33. The molecule has 1 aliphatic rings. The van der Waals surface area contributed by atoms with Gasteiger partial charge >= 0.3 is 0 Å². The van der Waals surface area contributed by atoms with Gasteiger partial charge in [0.1, 0.15) is 6.61 Å². The fraction of sp³-hybridized carbons (Fsp3) is 0.438. The van der Waals surface area contributed by atoms with Gasteiger partial charge in [-0.1, -0.05) is 24.1 Å². The van der Waals surface area contributed by atoms with Gasteiger partial charge in [-0.25, -0.2) is 4.98 Å². The Kier molecular flexibility index (Phi) is 4.38. The third-order valence-electron chi connectivity index (χ3n) is 3.79. The molecule has 0 unspecified atom stereocenters. The number of benzene rings is 1. The number of likely N-dealkylation sites (tertiary alicyclic amines) is 1. The van der Waals surface area contributed by atoms with E-state index in [0.717, 1.165) is 17.3 Å². The summed E-state index contributed by atoms with van der Waals surface area (Å²) in [5.74, 6) is 0.682.